The number of hydrogen-bond acceptors (Lipinski definition) is 2. The van der Waals surface area contributed by atoms with Crippen LogP contribution in [0.1, 0.15) is 27.0 Å². The van der Waals surface area contributed by atoms with Gasteiger partial charge in [0.25, 0.3) is 0 Å². The average molecular weight is 611 g/mol. The summed E-state index contributed by atoms with van der Waals surface area (Å²) in [6.45, 7) is 0. The van der Waals surface area contributed by atoms with E-state index in [0.29, 0.717) is 5.56 Å². The van der Waals surface area contributed by atoms with Crippen LogP contribution in [-0.4, -0.2) is 5.97 Å². The minimum atomic E-state index is -0.982. The van der Waals surface area contributed by atoms with Crippen molar-refractivity contribution in [3.05, 3.63) is 118 Å². The van der Waals surface area contributed by atoms with E-state index in [1.54, 1.807) is 0 Å². The molecule has 2 spiro atoms. The maximum absolute atomic E-state index is 14.6. The van der Waals surface area contributed by atoms with Gasteiger partial charge < -0.3 is 4.74 Å². The van der Waals surface area contributed by atoms with Gasteiger partial charge in [-0.25, -0.2) is 4.79 Å². The number of ether oxygens (including phenoxy) is 1. The molecule has 0 aromatic heterocycles. The normalized spacial score (nSPS) is 23.3. The third-order valence-electron chi connectivity index (χ3n) is 15.0. The average Bonchev–Trinajstić information content (AvgIpc) is 3.94. The molecule has 5 aliphatic rings. The van der Waals surface area contributed by atoms with Gasteiger partial charge in [-0.3, -0.25) is 0 Å². The summed E-state index contributed by atoms with van der Waals surface area (Å²) in [7, 11) is 0. The molecule has 214 valence electrons. The lowest BCUT2D eigenvalue weighted by molar-refractivity contribution is -0.0177. The van der Waals surface area contributed by atoms with Gasteiger partial charge in [0.15, 0.2) is 5.60 Å². The van der Waals surface area contributed by atoms with E-state index in [0.717, 1.165) is 11.1 Å². The standard InChI is InChI=1S/C47H14O2/c48-45-23-3-1-2-4-24(23)46-25-13-14-26-22-12-10-20-18-8-6-16-15-5-7-17-19-9-11-21(25)33-31(19)36-29(17)27(15)35-28(16)30(18)37-32(20)34(22)44(47(26,46)49-45)42-40(37)38(35)39(36)41(42)43(33)46/h1-14H. The Labute approximate surface area is 273 Å². The highest BCUT2D eigenvalue weighted by atomic mass is 16.6. The first-order chi connectivity index (χ1) is 24.3. The van der Waals surface area contributed by atoms with Gasteiger partial charge >= 0.3 is 5.97 Å². The first-order valence-electron chi connectivity index (χ1n) is 17.5. The lowest BCUT2D eigenvalue weighted by atomic mass is 9.50. The number of fused-ring (bicyclic) bond motifs is 4. The first-order valence-corrected chi connectivity index (χ1v) is 17.5. The SMILES string of the molecule is O=C1OC23C4=c5ccc6c7ccc8c9ccc%10c%11ccc%12c%13c(c%14c%15c2c5c6c2c7c8c5c9c%10c(c%13%11)c%14c5c%152)C3(C=%12C=C4)c2ccccc21. The van der Waals surface area contributed by atoms with Crippen LogP contribution in [0.3, 0.4) is 0 Å². The van der Waals surface area contributed by atoms with Crippen molar-refractivity contribution in [1.82, 2.24) is 0 Å². The van der Waals surface area contributed by atoms with Crippen molar-refractivity contribution in [2.24, 2.45) is 0 Å². The lowest BCUT2D eigenvalue weighted by Gasteiger charge is -2.56. The van der Waals surface area contributed by atoms with E-state index in [1.165, 1.54) is 146 Å². The van der Waals surface area contributed by atoms with Crippen LogP contribution in [0, 0.1) is 0 Å². The molecule has 13 aromatic carbocycles. The molecule has 0 bridgehead atoms. The molecule has 0 saturated carbocycles. The van der Waals surface area contributed by atoms with Crippen molar-refractivity contribution in [3.8, 4) is 0 Å². The summed E-state index contributed by atoms with van der Waals surface area (Å²) in [5.41, 5.74) is 5.21. The Morgan fingerprint density at radius 2 is 0.857 bits per heavy atom. The van der Waals surface area contributed by atoms with Crippen LogP contribution in [0.4, 0.5) is 0 Å². The molecule has 2 atom stereocenters. The third-order valence-corrected chi connectivity index (χ3v) is 15.0. The zero-order valence-electron chi connectivity index (χ0n) is 25.4. The van der Waals surface area contributed by atoms with Gasteiger partial charge in [0.05, 0.1) is 11.0 Å². The summed E-state index contributed by atoms with van der Waals surface area (Å²) < 4.78 is 7.31. The van der Waals surface area contributed by atoms with Crippen molar-refractivity contribution in [2.45, 2.75) is 11.0 Å². The molecule has 1 heterocycles. The zero-order chi connectivity index (χ0) is 30.5. The first kappa shape index (κ1) is 20.9. The van der Waals surface area contributed by atoms with Crippen molar-refractivity contribution >= 4 is 136 Å². The minimum absolute atomic E-state index is 0.209. The maximum Gasteiger partial charge on any atom is 0.339 e. The van der Waals surface area contributed by atoms with Gasteiger partial charge in [0.2, 0.25) is 0 Å². The molecule has 0 N–H and O–H groups in total. The molecule has 18 rings (SSSR count). The van der Waals surface area contributed by atoms with E-state index in [9.17, 15) is 4.79 Å². The van der Waals surface area contributed by atoms with Crippen LogP contribution < -0.4 is 10.4 Å². The molecule has 13 aromatic rings. The van der Waals surface area contributed by atoms with Crippen LogP contribution >= 0.6 is 0 Å². The number of rotatable bonds is 0. The highest BCUT2D eigenvalue weighted by Crippen LogP contribution is 2.76. The Morgan fingerprint density at radius 1 is 0.408 bits per heavy atom. The number of allylic oxidation sites excluding steroid dienone is 1. The fourth-order valence-corrected chi connectivity index (χ4v) is 14.1. The van der Waals surface area contributed by atoms with Gasteiger partial charge in [-0.1, -0.05) is 78.9 Å². The van der Waals surface area contributed by atoms with Crippen molar-refractivity contribution in [3.63, 3.8) is 0 Å². The predicted molar refractivity (Wildman–Crippen MR) is 198 cm³/mol. The molecule has 2 unspecified atom stereocenters. The molecule has 2 heteroatoms. The molecule has 4 aliphatic carbocycles. The Balaban J connectivity index is 1.39. The third kappa shape index (κ3) is 1.39. The summed E-state index contributed by atoms with van der Waals surface area (Å²) in [5.74, 6) is -0.209. The Morgan fingerprint density at radius 3 is 1.49 bits per heavy atom. The second kappa shape index (κ2) is 5.36. The number of carbonyl (C=O) groups is 1. The molecule has 0 amide bonds. The number of hydrogen-bond donors (Lipinski definition) is 0. The van der Waals surface area contributed by atoms with E-state index in [-0.39, 0.29) is 5.97 Å². The fourth-order valence-electron chi connectivity index (χ4n) is 14.1. The molecule has 0 radical (unpaired) electrons. The van der Waals surface area contributed by atoms with Gasteiger partial charge in [-0.2, -0.15) is 0 Å². The van der Waals surface area contributed by atoms with Gasteiger partial charge in [-0.05, 0) is 152 Å². The van der Waals surface area contributed by atoms with Crippen molar-refractivity contribution in [1.29, 1.82) is 0 Å². The van der Waals surface area contributed by atoms with Crippen molar-refractivity contribution < 1.29 is 9.53 Å². The van der Waals surface area contributed by atoms with Crippen LogP contribution in [0.15, 0.2) is 84.9 Å². The van der Waals surface area contributed by atoms with E-state index in [1.807, 2.05) is 12.1 Å². The molecule has 0 saturated heterocycles. The largest absolute Gasteiger partial charge is 0.444 e. The number of esters is 1. The molecule has 2 nitrogen and oxygen atoms in total. The summed E-state index contributed by atoms with van der Waals surface area (Å²) >= 11 is 0. The zero-order valence-corrected chi connectivity index (χ0v) is 25.4. The molecule has 0 fully saturated rings. The van der Waals surface area contributed by atoms with E-state index in [2.05, 4.69) is 72.8 Å². The lowest BCUT2D eigenvalue weighted by Crippen LogP contribution is -2.58. The monoisotopic (exact) mass is 610 g/mol. The highest BCUT2D eigenvalue weighted by Gasteiger charge is 2.72. The minimum Gasteiger partial charge on any atom is -0.444 e. The Bertz CT molecular complexity index is 4090. The number of carbonyl (C=O) groups excluding carboxylic acids is 1. The Kier molecular flexibility index (Phi) is 2.28. The second-order valence-corrected chi connectivity index (χ2v) is 15.9. The highest BCUT2D eigenvalue weighted by molar-refractivity contribution is 6.64. The smallest absolute Gasteiger partial charge is 0.339 e. The van der Waals surface area contributed by atoms with E-state index >= 15 is 0 Å². The molecular weight excluding hydrogens is 597 g/mol. The second-order valence-electron chi connectivity index (χ2n) is 15.9. The topological polar surface area (TPSA) is 26.3 Å². The summed E-state index contributed by atoms with van der Waals surface area (Å²) in [5, 5.41) is 33.5. The fraction of sp³-hybridized carbons (Fsp3) is 0.0426. The molecule has 1 aliphatic heterocycles. The summed E-state index contributed by atoms with van der Waals surface area (Å²) in [4.78, 5) is 14.6. The van der Waals surface area contributed by atoms with Crippen LogP contribution in [0.25, 0.3) is 130 Å². The molecular formula is C47H14O2. The van der Waals surface area contributed by atoms with E-state index in [4.69, 9.17) is 4.74 Å². The van der Waals surface area contributed by atoms with Gasteiger partial charge in [0.1, 0.15) is 0 Å². The number of benzene rings is 9. The van der Waals surface area contributed by atoms with Crippen LogP contribution in [0.2, 0.25) is 0 Å². The van der Waals surface area contributed by atoms with Gasteiger partial charge in [0, 0.05) is 11.1 Å². The predicted octanol–water partition coefficient (Wildman–Crippen LogP) is 9.44. The van der Waals surface area contributed by atoms with Gasteiger partial charge in [-0.15, -0.1) is 0 Å². The quantitative estimate of drug-likeness (QED) is 0.126. The van der Waals surface area contributed by atoms with E-state index < -0.39 is 11.0 Å². The van der Waals surface area contributed by atoms with Crippen LogP contribution in [0.5, 0.6) is 0 Å². The van der Waals surface area contributed by atoms with Crippen molar-refractivity contribution in [2.75, 3.05) is 0 Å². The maximum atomic E-state index is 14.6. The molecule has 49 heavy (non-hydrogen) atoms. The summed E-state index contributed by atoms with van der Waals surface area (Å²) in [6, 6.07) is 27.6. The summed E-state index contributed by atoms with van der Waals surface area (Å²) in [6.07, 6.45) is 4.73. The van der Waals surface area contributed by atoms with Crippen LogP contribution in [-0.2, 0) is 15.8 Å². The Hall–Kier alpha value is -6.25.